The number of amides is 5. The minimum atomic E-state index is -1.46. The molecule has 11 nitrogen and oxygen atoms in total. The predicted molar refractivity (Wildman–Crippen MR) is 134 cm³/mol. The molecule has 1 aromatic heterocycles. The number of nitrogens with zero attached hydrogens (tertiary/aromatic N) is 3. The fourth-order valence-corrected chi connectivity index (χ4v) is 4.79. The summed E-state index contributed by atoms with van der Waals surface area (Å²) in [5.41, 5.74) is 1.88. The van der Waals surface area contributed by atoms with Crippen LogP contribution < -0.4 is 20.7 Å². The van der Waals surface area contributed by atoms with Gasteiger partial charge in [-0.05, 0) is 36.1 Å². The van der Waals surface area contributed by atoms with Crippen LogP contribution in [-0.2, 0) is 16.9 Å². The Bertz CT molecular complexity index is 1470. The van der Waals surface area contributed by atoms with Crippen LogP contribution in [0.2, 0.25) is 0 Å². The number of methoxy groups -OCH3 is 1. The van der Waals surface area contributed by atoms with E-state index in [0.717, 1.165) is 18.4 Å². The molecule has 5 amide bonds. The monoisotopic (exact) mass is 512 g/mol. The summed E-state index contributed by atoms with van der Waals surface area (Å²) in [4.78, 5) is 60.8. The standard InChI is InChI=1S/C27H24N6O5/c1-38-19-9-4-16-13-33(24(35)20(16)10-19)14-27(25(36)31-26(37)32-27)17-5-2-15(3-6-17)21-11-29-22(12-28-21)23(34)30-18-7-8-18/h2-6,9-12,18H,7-8,13-14H2,1H3,(H,30,34)(H2,31,32,36,37)/t27-/m0/s1. The number of nitrogens with one attached hydrogen (secondary N) is 3. The third-order valence-corrected chi connectivity index (χ3v) is 7.04. The second-order valence-corrected chi connectivity index (χ2v) is 9.61. The van der Waals surface area contributed by atoms with E-state index < -0.39 is 17.5 Å². The van der Waals surface area contributed by atoms with Gasteiger partial charge in [-0.1, -0.05) is 30.3 Å². The third kappa shape index (κ3) is 4.11. The number of imide groups is 1. The van der Waals surface area contributed by atoms with Crippen molar-refractivity contribution >= 4 is 23.8 Å². The summed E-state index contributed by atoms with van der Waals surface area (Å²) in [6, 6.07) is 11.8. The molecule has 1 saturated carbocycles. The Balaban J connectivity index is 1.25. The first kappa shape index (κ1) is 23.6. The predicted octanol–water partition coefficient (Wildman–Crippen LogP) is 1.74. The van der Waals surface area contributed by atoms with Crippen LogP contribution in [-0.4, -0.2) is 58.3 Å². The second-order valence-electron chi connectivity index (χ2n) is 9.61. The van der Waals surface area contributed by atoms with Gasteiger partial charge in [0, 0.05) is 23.7 Å². The largest absolute Gasteiger partial charge is 0.497 e. The molecule has 192 valence electrons. The molecule has 3 aromatic rings. The molecule has 2 fully saturated rings. The lowest BCUT2D eigenvalue weighted by molar-refractivity contribution is -0.124. The number of aromatic nitrogens is 2. The number of fused-ring (bicyclic) bond motifs is 1. The first-order valence-electron chi connectivity index (χ1n) is 12.2. The van der Waals surface area contributed by atoms with E-state index in [1.165, 1.54) is 19.5 Å². The number of ether oxygens (including phenoxy) is 1. The molecule has 3 N–H and O–H groups in total. The van der Waals surface area contributed by atoms with Gasteiger partial charge in [-0.25, -0.2) is 9.78 Å². The van der Waals surface area contributed by atoms with Gasteiger partial charge in [-0.2, -0.15) is 0 Å². The van der Waals surface area contributed by atoms with Crippen molar-refractivity contribution in [3.05, 3.63) is 77.2 Å². The van der Waals surface area contributed by atoms with Crippen LogP contribution in [0.15, 0.2) is 54.9 Å². The topological polar surface area (TPSA) is 143 Å². The molecule has 0 bridgehead atoms. The quantitative estimate of drug-likeness (QED) is 0.409. The van der Waals surface area contributed by atoms with E-state index in [0.29, 0.717) is 34.7 Å². The van der Waals surface area contributed by atoms with Crippen LogP contribution in [0.1, 0.15) is 44.8 Å². The fourth-order valence-electron chi connectivity index (χ4n) is 4.79. The van der Waals surface area contributed by atoms with Crippen molar-refractivity contribution in [2.75, 3.05) is 13.7 Å². The third-order valence-electron chi connectivity index (χ3n) is 7.04. The van der Waals surface area contributed by atoms with Gasteiger partial charge < -0.3 is 20.3 Å². The van der Waals surface area contributed by atoms with E-state index in [2.05, 4.69) is 25.9 Å². The molecule has 3 aliphatic rings. The molecule has 6 rings (SSSR count). The van der Waals surface area contributed by atoms with Gasteiger partial charge in [0.15, 0.2) is 5.54 Å². The van der Waals surface area contributed by atoms with Crippen molar-refractivity contribution in [2.24, 2.45) is 0 Å². The number of hydrogen-bond acceptors (Lipinski definition) is 7. The Morgan fingerprint density at radius 3 is 2.53 bits per heavy atom. The Hall–Kier alpha value is -4.80. The van der Waals surface area contributed by atoms with Crippen LogP contribution in [0.3, 0.4) is 0 Å². The Morgan fingerprint density at radius 1 is 1.11 bits per heavy atom. The first-order chi connectivity index (χ1) is 18.4. The molecule has 3 heterocycles. The van der Waals surface area contributed by atoms with Gasteiger partial charge in [0.2, 0.25) is 0 Å². The lowest BCUT2D eigenvalue weighted by Gasteiger charge is -2.31. The summed E-state index contributed by atoms with van der Waals surface area (Å²) in [5, 5.41) is 7.92. The van der Waals surface area contributed by atoms with Gasteiger partial charge >= 0.3 is 6.03 Å². The molecule has 0 radical (unpaired) electrons. The van der Waals surface area contributed by atoms with E-state index in [4.69, 9.17) is 4.74 Å². The van der Waals surface area contributed by atoms with Crippen molar-refractivity contribution in [3.63, 3.8) is 0 Å². The van der Waals surface area contributed by atoms with E-state index in [9.17, 15) is 19.2 Å². The Kier molecular flexibility index (Phi) is 5.55. The van der Waals surface area contributed by atoms with Gasteiger partial charge in [-0.3, -0.25) is 24.7 Å². The highest BCUT2D eigenvalue weighted by Crippen LogP contribution is 2.33. The van der Waals surface area contributed by atoms with Crippen molar-refractivity contribution in [1.82, 2.24) is 30.8 Å². The Morgan fingerprint density at radius 2 is 1.89 bits per heavy atom. The van der Waals surface area contributed by atoms with Crippen LogP contribution in [0.4, 0.5) is 4.79 Å². The number of benzene rings is 2. The maximum atomic E-state index is 13.2. The highest BCUT2D eigenvalue weighted by Gasteiger charge is 2.50. The molecular formula is C27H24N6O5. The van der Waals surface area contributed by atoms with Crippen molar-refractivity contribution in [3.8, 4) is 17.0 Å². The maximum absolute atomic E-state index is 13.2. The summed E-state index contributed by atoms with van der Waals surface area (Å²) in [6.45, 7) is 0.252. The smallest absolute Gasteiger partial charge is 0.322 e. The highest BCUT2D eigenvalue weighted by atomic mass is 16.5. The molecule has 1 atom stereocenters. The molecule has 0 spiro atoms. The molecule has 2 aromatic carbocycles. The molecule has 1 saturated heterocycles. The molecule has 11 heteroatoms. The Labute approximate surface area is 217 Å². The van der Waals surface area contributed by atoms with Crippen LogP contribution in [0.5, 0.6) is 5.75 Å². The summed E-state index contributed by atoms with van der Waals surface area (Å²) in [6.07, 6.45) is 4.91. The number of urea groups is 1. The average molecular weight is 513 g/mol. The molecule has 1 aliphatic carbocycles. The highest BCUT2D eigenvalue weighted by molar-refractivity contribution is 6.08. The lowest BCUT2D eigenvalue weighted by atomic mass is 9.88. The van der Waals surface area contributed by atoms with Gasteiger partial charge in [0.1, 0.15) is 11.4 Å². The van der Waals surface area contributed by atoms with Crippen LogP contribution >= 0.6 is 0 Å². The first-order valence-corrected chi connectivity index (χ1v) is 12.2. The SMILES string of the molecule is COc1ccc2c(c1)C(=O)N(C[C@@]1(c3ccc(-c4cnc(C(=O)NC5CC5)cn4)cc3)NC(=O)NC1=O)C2. The average Bonchev–Trinajstić information content (AvgIpc) is 3.63. The molecule has 38 heavy (non-hydrogen) atoms. The number of carbonyl (C=O) groups is 4. The minimum Gasteiger partial charge on any atom is -0.497 e. The second kappa shape index (κ2) is 8.94. The van der Waals surface area contributed by atoms with Crippen LogP contribution in [0, 0.1) is 0 Å². The fraction of sp³-hybridized carbons (Fsp3) is 0.259. The molecule has 0 unspecified atom stereocenters. The van der Waals surface area contributed by atoms with Gasteiger partial charge in [0.25, 0.3) is 17.7 Å². The van der Waals surface area contributed by atoms with Crippen LogP contribution in [0.25, 0.3) is 11.3 Å². The maximum Gasteiger partial charge on any atom is 0.322 e. The zero-order valence-electron chi connectivity index (χ0n) is 20.5. The summed E-state index contributed by atoms with van der Waals surface area (Å²) in [7, 11) is 1.53. The minimum absolute atomic E-state index is 0.0512. The van der Waals surface area contributed by atoms with Crippen molar-refractivity contribution < 1.29 is 23.9 Å². The molecule has 2 aliphatic heterocycles. The lowest BCUT2D eigenvalue weighted by Crippen LogP contribution is -2.52. The summed E-state index contributed by atoms with van der Waals surface area (Å²) >= 11 is 0. The van der Waals surface area contributed by atoms with E-state index in [1.807, 2.05) is 6.07 Å². The number of carbonyl (C=O) groups excluding carboxylic acids is 4. The zero-order chi connectivity index (χ0) is 26.4. The van der Waals surface area contributed by atoms with Crippen molar-refractivity contribution in [1.29, 1.82) is 0 Å². The number of hydrogen-bond donors (Lipinski definition) is 3. The summed E-state index contributed by atoms with van der Waals surface area (Å²) < 4.78 is 5.24. The normalized spacial score (nSPS) is 20.1. The molecular weight excluding hydrogens is 488 g/mol. The van der Waals surface area contributed by atoms with E-state index in [-0.39, 0.29) is 30.1 Å². The van der Waals surface area contributed by atoms with E-state index >= 15 is 0 Å². The number of rotatable bonds is 7. The zero-order valence-corrected chi connectivity index (χ0v) is 20.5. The van der Waals surface area contributed by atoms with Crippen molar-refractivity contribution in [2.45, 2.75) is 31.0 Å². The van der Waals surface area contributed by atoms with E-state index in [1.54, 1.807) is 41.3 Å². The summed E-state index contributed by atoms with van der Waals surface area (Å²) in [5.74, 6) is -0.466. The van der Waals surface area contributed by atoms with Gasteiger partial charge in [0.05, 0.1) is 31.7 Å². The van der Waals surface area contributed by atoms with Gasteiger partial charge in [-0.15, -0.1) is 0 Å².